The summed E-state index contributed by atoms with van der Waals surface area (Å²) < 4.78 is 1.96. The molecule has 28 heavy (non-hydrogen) atoms. The van der Waals surface area contributed by atoms with Crippen molar-refractivity contribution in [3.05, 3.63) is 65.4 Å². The van der Waals surface area contributed by atoms with Crippen LogP contribution in [0.5, 0.6) is 0 Å². The maximum atomic E-state index is 13.2. The van der Waals surface area contributed by atoms with Crippen molar-refractivity contribution in [1.82, 2.24) is 19.7 Å². The van der Waals surface area contributed by atoms with Gasteiger partial charge in [-0.25, -0.2) is 0 Å². The van der Waals surface area contributed by atoms with Crippen LogP contribution in [0, 0.1) is 13.8 Å². The molecule has 2 heterocycles. The molecule has 0 aliphatic heterocycles. The van der Waals surface area contributed by atoms with Gasteiger partial charge in [0.1, 0.15) is 0 Å². The minimum atomic E-state index is -0.273. The van der Waals surface area contributed by atoms with Crippen LogP contribution in [-0.2, 0) is 7.05 Å². The van der Waals surface area contributed by atoms with Crippen LogP contribution in [0.15, 0.2) is 53.7 Å². The van der Waals surface area contributed by atoms with Crippen molar-refractivity contribution in [1.29, 1.82) is 0 Å². The first-order valence-electron chi connectivity index (χ1n) is 9.21. The summed E-state index contributed by atoms with van der Waals surface area (Å²) in [7, 11) is 1.94. The van der Waals surface area contributed by atoms with Crippen LogP contribution in [-0.4, -0.2) is 30.8 Å². The molecular weight excluding hydrogens is 368 g/mol. The van der Waals surface area contributed by atoms with Gasteiger partial charge < -0.3 is 9.55 Å². The Kier molecular flexibility index (Phi) is 4.81. The van der Waals surface area contributed by atoms with Crippen LogP contribution in [0.1, 0.15) is 28.5 Å². The molecule has 0 unspecified atom stereocenters. The zero-order chi connectivity index (χ0) is 19.8. The minimum absolute atomic E-state index is 0.0976. The number of nitrogens with zero attached hydrogens (tertiary/aromatic N) is 3. The molecule has 4 rings (SSSR count). The summed E-state index contributed by atoms with van der Waals surface area (Å²) in [6, 6.07) is 16.0. The maximum Gasteiger partial charge on any atom is 0.191 e. The van der Waals surface area contributed by atoms with Gasteiger partial charge in [0.05, 0.1) is 5.25 Å². The number of hydrogen-bond acceptors (Lipinski definition) is 4. The molecule has 6 heteroatoms. The third-order valence-electron chi connectivity index (χ3n) is 5.01. The first kappa shape index (κ1) is 18.5. The lowest BCUT2D eigenvalue weighted by atomic mass is 10.1. The highest BCUT2D eigenvalue weighted by Gasteiger charge is 2.24. The van der Waals surface area contributed by atoms with E-state index in [4.69, 9.17) is 0 Å². The molecule has 0 aliphatic carbocycles. The number of rotatable bonds is 5. The van der Waals surface area contributed by atoms with E-state index in [1.165, 1.54) is 11.8 Å². The number of carbonyl (C=O) groups excluding carboxylic acids is 1. The monoisotopic (exact) mass is 390 g/mol. The number of para-hydroxylation sites is 1. The number of hydrogen-bond donors (Lipinski definition) is 1. The second-order valence-corrected chi connectivity index (χ2v) is 8.28. The van der Waals surface area contributed by atoms with Crippen molar-refractivity contribution in [2.24, 2.45) is 7.05 Å². The SMILES string of the molecule is Cc1ccccc1-c1nnc(S[C@@H](C)C(=O)c2c(C)[nH]c3ccccc23)n1C. The smallest absolute Gasteiger partial charge is 0.191 e. The highest BCUT2D eigenvalue weighted by atomic mass is 32.2. The average Bonchev–Trinajstić information content (AvgIpc) is 3.21. The first-order chi connectivity index (χ1) is 13.5. The Bertz CT molecular complexity index is 1170. The Morgan fingerprint density at radius 2 is 1.79 bits per heavy atom. The Hall–Kier alpha value is -2.86. The second kappa shape index (κ2) is 7.28. The van der Waals surface area contributed by atoms with Crippen LogP contribution >= 0.6 is 11.8 Å². The number of Topliss-reactive ketones (excluding diaryl/α,β-unsaturated/α-hetero) is 1. The standard InChI is InChI=1S/C22H22N4OS/c1-13-9-5-6-10-16(13)21-24-25-22(26(21)4)28-15(3)20(27)19-14(2)23-18-12-8-7-11-17(18)19/h5-12,15,23H,1-4H3/t15-/m0/s1. The zero-order valence-corrected chi connectivity index (χ0v) is 17.2. The van der Waals surface area contributed by atoms with Crippen LogP contribution < -0.4 is 0 Å². The Labute approximate surface area is 168 Å². The van der Waals surface area contributed by atoms with Crippen LogP contribution in [0.2, 0.25) is 0 Å². The van der Waals surface area contributed by atoms with Crippen LogP contribution in [0.4, 0.5) is 0 Å². The molecule has 1 atom stereocenters. The van der Waals surface area contributed by atoms with E-state index in [2.05, 4.69) is 28.2 Å². The van der Waals surface area contributed by atoms with Crippen molar-refractivity contribution in [2.75, 3.05) is 0 Å². The Morgan fingerprint density at radius 1 is 1.07 bits per heavy atom. The van der Waals surface area contributed by atoms with Gasteiger partial charge in [0.25, 0.3) is 0 Å². The van der Waals surface area contributed by atoms with E-state index in [1.54, 1.807) is 0 Å². The van der Waals surface area contributed by atoms with Gasteiger partial charge in [0, 0.05) is 34.8 Å². The third-order valence-corrected chi connectivity index (χ3v) is 6.15. The molecule has 2 aromatic heterocycles. The lowest BCUT2D eigenvalue weighted by molar-refractivity contribution is 0.0995. The molecule has 0 saturated heterocycles. The van der Waals surface area contributed by atoms with E-state index in [0.29, 0.717) is 0 Å². The Balaban J connectivity index is 1.62. The van der Waals surface area contributed by atoms with Gasteiger partial charge in [-0.2, -0.15) is 0 Å². The number of H-pyrrole nitrogens is 1. The number of nitrogens with one attached hydrogen (secondary N) is 1. The van der Waals surface area contributed by atoms with E-state index < -0.39 is 0 Å². The topological polar surface area (TPSA) is 63.6 Å². The molecule has 4 aromatic rings. The van der Waals surface area contributed by atoms with Crippen LogP contribution in [0.25, 0.3) is 22.3 Å². The number of aryl methyl sites for hydroxylation is 2. The van der Waals surface area contributed by atoms with Crippen molar-refractivity contribution < 1.29 is 4.79 Å². The molecular formula is C22H22N4OS. The summed E-state index contributed by atoms with van der Waals surface area (Å²) in [4.78, 5) is 16.5. The zero-order valence-electron chi connectivity index (χ0n) is 16.4. The van der Waals surface area contributed by atoms with Gasteiger partial charge in [0.2, 0.25) is 0 Å². The molecule has 0 radical (unpaired) electrons. The molecule has 5 nitrogen and oxygen atoms in total. The van der Waals surface area contributed by atoms with E-state index >= 15 is 0 Å². The van der Waals surface area contributed by atoms with Gasteiger partial charge in [-0.3, -0.25) is 4.79 Å². The van der Waals surface area contributed by atoms with Gasteiger partial charge >= 0.3 is 0 Å². The van der Waals surface area contributed by atoms with Crippen molar-refractivity contribution in [3.63, 3.8) is 0 Å². The molecule has 0 spiro atoms. The molecule has 0 saturated carbocycles. The lowest BCUT2D eigenvalue weighted by Gasteiger charge is -2.11. The fraction of sp³-hybridized carbons (Fsp3) is 0.227. The lowest BCUT2D eigenvalue weighted by Crippen LogP contribution is -2.15. The van der Waals surface area contributed by atoms with Gasteiger partial charge in [-0.15, -0.1) is 10.2 Å². The molecule has 0 bridgehead atoms. The summed E-state index contributed by atoms with van der Waals surface area (Å²) in [5.74, 6) is 0.906. The van der Waals surface area contributed by atoms with E-state index in [1.807, 2.05) is 67.9 Å². The average molecular weight is 391 g/mol. The molecule has 142 valence electrons. The molecule has 2 aromatic carbocycles. The predicted molar refractivity (Wildman–Crippen MR) is 114 cm³/mol. The molecule has 0 fully saturated rings. The van der Waals surface area contributed by atoms with E-state index in [9.17, 15) is 4.79 Å². The van der Waals surface area contributed by atoms with Crippen molar-refractivity contribution >= 4 is 28.4 Å². The number of thioether (sulfide) groups is 1. The number of carbonyl (C=O) groups is 1. The molecule has 0 amide bonds. The number of aromatic amines is 1. The van der Waals surface area contributed by atoms with E-state index in [0.717, 1.165) is 44.3 Å². The second-order valence-electron chi connectivity index (χ2n) is 6.98. The summed E-state index contributed by atoms with van der Waals surface area (Å²) in [5.41, 5.74) is 4.85. The number of fused-ring (bicyclic) bond motifs is 1. The fourth-order valence-corrected chi connectivity index (χ4v) is 4.36. The van der Waals surface area contributed by atoms with E-state index in [-0.39, 0.29) is 11.0 Å². The quantitative estimate of drug-likeness (QED) is 0.387. The molecule has 1 N–H and O–H groups in total. The Morgan fingerprint density at radius 3 is 2.57 bits per heavy atom. The normalized spacial score (nSPS) is 12.4. The highest BCUT2D eigenvalue weighted by molar-refractivity contribution is 8.00. The number of benzene rings is 2. The fourth-order valence-electron chi connectivity index (χ4n) is 3.48. The summed E-state index contributed by atoms with van der Waals surface area (Å²) >= 11 is 1.44. The summed E-state index contributed by atoms with van der Waals surface area (Å²) in [6.07, 6.45) is 0. The molecule has 0 aliphatic rings. The minimum Gasteiger partial charge on any atom is -0.358 e. The number of aromatic nitrogens is 4. The first-order valence-corrected chi connectivity index (χ1v) is 10.1. The van der Waals surface area contributed by atoms with Crippen LogP contribution in [0.3, 0.4) is 0 Å². The maximum absolute atomic E-state index is 13.2. The predicted octanol–water partition coefficient (Wildman–Crippen LogP) is 4.94. The van der Waals surface area contributed by atoms with Crippen molar-refractivity contribution in [3.8, 4) is 11.4 Å². The van der Waals surface area contributed by atoms with Crippen molar-refractivity contribution in [2.45, 2.75) is 31.2 Å². The largest absolute Gasteiger partial charge is 0.358 e. The highest BCUT2D eigenvalue weighted by Crippen LogP contribution is 2.31. The summed E-state index contributed by atoms with van der Waals surface area (Å²) in [5, 5.41) is 10.1. The van der Waals surface area contributed by atoms with Gasteiger partial charge in [-0.1, -0.05) is 54.2 Å². The third kappa shape index (κ3) is 3.14. The van der Waals surface area contributed by atoms with Gasteiger partial charge in [-0.05, 0) is 32.4 Å². The van der Waals surface area contributed by atoms with Gasteiger partial charge in [0.15, 0.2) is 16.8 Å². The summed E-state index contributed by atoms with van der Waals surface area (Å²) in [6.45, 7) is 5.93. The number of ketones is 1.